The molecule has 3 aromatic rings. The summed E-state index contributed by atoms with van der Waals surface area (Å²) in [5.74, 6) is -0.269. The number of hydrogen-bond acceptors (Lipinski definition) is 7. The van der Waals surface area contributed by atoms with Gasteiger partial charge in [-0.1, -0.05) is 29.0 Å². The highest BCUT2D eigenvalue weighted by Gasteiger charge is 2.25. The molecular formula is C22H25N3O3S3. The molecule has 0 spiro atoms. The zero-order valence-electron chi connectivity index (χ0n) is 17.6. The van der Waals surface area contributed by atoms with E-state index in [0.29, 0.717) is 26.2 Å². The van der Waals surface area contributed by atoms with E-state index in [4.69, 9.17) is 4.98 Å². The largest absolute Gasteiger partial charge is 0.345 e. The molecule has 2 aromatic carbocycles. The lowest BCUT2D eigenvalue weighted by Gasteiger charge is -2.34. The number of sulfone groups is 1. The van der Waals surface area contributed by atoms with E-state index in [2.05, 4.69) is 29.4 Å². The van der Waals surface area contributed by atoms with Gasteiger partial charge in [-0.05, 0) is 43.5 Å². The molecule has 0 radical (unpaired) electrons. The molecule has 1 fully saturated rings. The predicted octanol–water partition coefficient (Wildman–Crippen LogP) is 3.84. The van der Waals surface area contributed by atoms with Crippen LogP contribution in [0.25, 0.3) is 10.2 Å². The second-order valence-electron chi connectivity index (χ2n) is 7.58. The van der Waals surface area contributed by atoms with Gasteiger partial charge in [0.2, 0.25) is 5.91 Å². The SMILES string of the molecule is CSc1ccc2nc(N3CCN(C(=O)CCS(=O)(=O)c4ccc(C)cc4)CC3)sc2c1. The van der Waals surface area contributed by atoms with Gasteiger partial charge in [0.05, 0.1) is 20.9 Å². The normalized spacial score (nSPS) is 14.9. The van der Waals surface area contributed by atoms with E-state index >= 15 is 0 Å². The van der Waals surface area contributed by atoms with E-state index in [0.717, 1.165) is 16.2 Å². The first kappa shape index (κ1) is 22.1. The topological polar surface area (TPSA) is 70.6 Å². The van der Waals surface area contributed by atoms with Crippen LogP contribution in [0.3, 0.4) is 0 Å². The van der Waals surface area contributed by atoms with Gasteiger partial charge in [0.25, 0.3) is 0 Å². The standard InChI is InChI=1S/C22H25N3O3S3/c1-16-3-6-18(7-4-16)31(27,28)14-9-21(26)24-10-12-25(13-11-24)22-23-19-8-5-17(29-2)15-20(19)30-22/h3-8,15H,9-14H2,1-2H3. The molecule has 1 aliphatic heterocycles. The first-order valence-electron chi connectivity index (χ1n) is 10.1. The summed E-state index contributed by atoms with van der Waals surface area (Å²) in [6.07, 6.45) is 2.07. The smallest absolute Gasteiger partial charge is 0.223 e. The average molecular weight is 476 g/mol. The van der Waals surface area contributed by atoms with Crippen molar-refractivity contribution in [3.63, 3.8) is 0 Å². The van der Waals surface area contributed by atoms with Crippen molar-refractivity contribution < 1.29 is 13.2 Å². The van der Waals surface area contributed by atoms with Crippen LogP contribution in [-0.2, 0) is 14.6 Å². The summed E-state index contributed by atoms with van der Waals surface area (Å²) in [5, 5.41) is 0.974. The van der Waals surface area contributed by atoms with E-state index in [1.807, 2.05) is 6.92 Å². The molecule has 0 saturated carbocycles. The molecule has 6 nitrogen and oxygen atoms in total. The number of thiazole rings is 1. The number of amides is 1. The number of hydrogen-bond donors (Lipinski definition) is 0. The Labute approximate surface area is 191 Å². The fourth-order valence-electron chi connectivity index (χ4n) is 3.55. The zero-order chi connectivity index (χ0) is 22.0. The van der Waals surface area contributed by atoms with Gasteiger partial charge in [0.1, 0.15) is 0 Å². The number of carbonyl (C=O) groups excluding carboxylic acids is 1. The van der Waals surface area contributed by atoms with Crippen molar-refractivity contribution in [2.45, 2.75) is 23.1 Å². The van der Waals surface area contributed by atoms with E-state index in [-0.39, 0.29) is 23.0 Å². The number of aromatic nitrogens is 1. The molecular weight excluding hydrogens is 450 g/mol. The third-order valence-corrected chi connectivity index (χ3v) is 8.99. The minimum absolute atomic E-state index is 0.00874. The summed E-state index contributed by atoms with van der Waals surface area (Å²) < 4.78 is 26.2. The lowest BCUT2D eigenvalue weighted by atomic mass is 10.2. The number of nitrogens with zero attached hydrogens (tertiary/aromatic N) is 3. The average Bonchev–Trinajstić information content (AvgIpc) is 3.21. The summed E-state index contributed by atoms with van der Waals surface area (Å²) in [7, 11) is -3.45. The number of anilines is 1. The van der Waals surface area contributed by atoms with Crippen molar-refractivity contribution in [3.05, 3.63) is 48.0 Å². The van der Waals surface area contributed by atoms with Crippen molar-refractivity contribution in [1.29, 1.82) is 0 Å². The second-order valence-corrected chi connectivity index (χ2v) is 11.6. The molecule has 0 aliphatic carbocycles. The summed E-state index contributed by atoms with van der Waals surface area (Å²) in [6, 6.07) is 13.1. The molecule has 0 atom stereocenters. The van der Waals surface area contributed by atoms with Gasteiger partial charge >= 0.3 is 0 Å². The highest BCUT2D eigenvalue weighted by atomic mass is 32.2. The van der Waals surface area contributed by atoms with Crippen molar-refractivity contribution in [1.82, 2.24) is 9.88 Å². The quantitative estimate of drug-likeness (QED) is 0.505. The lowest BCUT2D eigenvalue weighted by Crippen LogP contribution is -2.49. The van der Waals surface area contributed by atoms with Crippen molar-refractivity contribution >= 4 is 54.2 Å². The maximum atomic E-state index is 12.6. The van der Waals surface area contributed by atoms with Gasteiger partial charge < -0.3 is 9.80 Å². The zero-order valence-corrected chi connectivity index (χ0v) is 20.0. The molecule has 4 rings (SSSR count). The Hall–Kier alpha value is -2.10. The minimum Gasteiger partial charge on any atom is -0.345 e. The molecule has 1 amide bonds. The minimum atomic E-state index is -3.45. The van der Waals surface area contributed by atoms with E-state index in [9.17, 15) is 13.2 Å². The van der Waals surface area contributed by atoms with Crippen LogP contribution in [0.2, 0.25) is 0 Å². The van der Waals surface area contributed by atoms with Crippen LogP contribution in [0.15, 0.2) is 52.3 Å². The van der Waals surface area contributed by atoms with Gasteiger partial charge in [-0.15, -0.1) is 11.8 Å². The Bertz CT molecular complexity index is 1180. The molecule has 0 unspecified atom stereocenters. The van der Waals surface area contributed by atoms with Gasteiger partial charge in [0, 0.05) is 37.5 Å². The third kappa shape index (κ3) is 5.05. The van der Waals surface area contributed by atoms with Crippen LogP contribution < -0.4 is 4.90 Å². The molecule has 2 heterocycles. The number of fused-ring (bicyclic) bond motifs is 1. The fourth-order valence-corrected chi connectivity index (χ4v) is 6.35. The fraction of sp³-hybridized carbons (Fsp3) is 0.364. The Morgan fingerprint density at radius 2 is 1.81 bits per heavy atom. The Morgan fingerprint density at radius 3 is 2.48 bits per heavy atom. The van der Waals surface area contributed by atoms with Gasteiger partial charge in [-0.25, -0.2) is 13.4 Å². The van der Waals surface area contributed by atoms with Crippen molar-refractivity contribution in [2.24, 2.45) is 0 Å². The Kier molecular flexibility index (Phi) is 6.55. The van der Waals surface area contributed by atoms with E-state index in [1.165, 1.54) is 9.60 Å². The summed E-state index contributed by atoms with van der Waals surface area (Å²) >= 11 is 3.39. The molecule has 1 aliphatic rings. The molecule has 0 bridgehead atoms. The Balaban J connectivity index is 1.33. The molecule has 164 valence electrons. The third-order valence-electron chi connectivity index (χ3n) is 5.45. The summed E-state index contributed by atoms with van der Waals surface area (Å²) in [5.41, 5.74) is 2.00. The van der Waals surface area contributed by atoms with Gasteiger partial charge in [-0.2, -0.15) is 0 Å². The maximum Gasteiger partial charge on any atom is 0.223 e. The highest BCUT2D eigenvalue weighted by molar-refractivity contribution is 7.98. The second kappa shape index (κ2) is 9.18. The van der Waals surface area contributed by atoms with Crippen molar-refractivity contribution in [3.8, 4) is 0 Å². The highest BCUT2D eigenvalue weighted by Crippen LogP contribution is 2.32. The van der Waals surface area contributed by atoms with Crippen LogP contribution >= 0.6 is 23.1 Å². The molecule has 9 heteroatoms. The predicted molar refractivity (Wildman–Crippen MR) is 128 cm³/mol. The van der Waals surface area contributed by atoms with Crippen molar-refractivity contribution in [2.75, 3.05) is 43.1 Å². The van der Waals surface area contributed by atoms with Crippen LogP contribution in [0.1, 0.15) is 12.0 Å². The van der Waals surface area contributed by atoms with Crippen LogP contribution in [0, 0.1) is 6.92 Å². The number of rotatable bonds is 6. The van der Waals surface area contributed by atoms with E-state index in [1.54, 1.807) is 52.3 Å². The van der Waals surface area contributed by atoms with Crippen LogP contribution in [0.4, 0.5) is 5.13 Å². The maximum absolute atomic E-state index is 12.6. The Morgan fingerprint density at radius 1 is 1.10 bits per heavy atom. The van der Waals surface area contributed by atoms with Gasteiger partial charge in [0.15, 0.2) is 15.0 Å². The molecule has 0 N–H and O–H groups in total. The summed E-state index contributed by atoms with van der Waals surface area (Å²) in [6.45, 7) is 4.47. The van der Waals surface area contributed by atoms with Gasteiger partial charge in [-0.3, -0.25) is 4.79 Å². The van der Waals surface area contributed by atoms with Crippen LogP contribution in [0.5, 0.6) is 0 Å². The number of thioether (sulfide) groups is 1. The first-order chi connectivity index (χ1) is 14.9. The molecule has 1 aromatic heterocycles. The van der Waals surface area contributed by atoms with E-state index < -0.39 is 9.84 Å². The number of carbonyl (C=O) groups is 1. The monoisotopic (exact) mass is 475 g/mol. The molecule has 1 saturated heterocycles. The number of aryl methyl sites for hydroxylation is 1. The first-order valence-corrected chi connectivity index (χ1v) is 13.8. The lowest BCUT2D eigenvalue weighted by molar-refractivity contribution is -0.131. The number of piperazine rings is 1. The van der Waals surface area contributed by atoms with Crippen LogP contribution in [-0.4, -0.2) is 62.4 Å². The number of benzene rings is 2. The molecule has 31 heavy (non-hydrogen) atoms. The summed E-state index contributed by atoms with van der Waals surface area (Å²) in [4.78, 5) is 22.8.